The lowest BCUT2D eigenvalue weighted by Crippen LogP contribution is -2.36. The van der Waals surface area contributed by atoms with Crippen molar-refractivity contribution < 1.29 is 10.0 Å². The van der Waals surface area contributed by atoms with Crippen LogP contribution in [0.1, 0.15) is 12.8 Å². The number of hydrogen-bond acceptors (Lipinski definition) is 5. The van der Waals surface area contributed by atoms with E-state index in [1.54, 1.807) is 0 Å². The largest absolute Gasteiger partial charge is 0.395 e. The van der Waals surface area contributed by atoms with Crippen LogP contribution in [0, 0.1) is 10.1 Å². The molecule has 2 rings (SSSR count). The third-order valence-electron chi connectivity index (χ3n) is 3.52. The Kier molecular flexibility index (Phi) is 4.28. The van der Waals surface area contributed by atoms with Gasteiger partial charge in [-0.25, -0.2) is 0 Å². The number of nitro groups is 1. The van der Waals surface area contributed by atoms with E-state index in [0.29, 0.717) is 13.1 Å². The van der Waals surface area contributed by atoms with Gasteiger partial charge in [-0.1, -0.05) is 0 Å². The van der Waals surface area contributed by atoms with Crippen LogP contribution in [0.15, 0.2) is 23.1 Å². The lowest BCUT2D eigenvalue weighted by molar-refractivity contribution is -0.385. The van der Waals surface area contributed by atoms with Crippen molar-refractivity contribution in [2.24, 2.45) is 0 Å². The molecule has 1 fully saturated rings. The molecule has 1 unspecified atom stereocenters. The number of pyridine rings is 1. The number of nitrogens with zero attached hydrogens (tertiary/aromatic N) is 3. The Hall–Kier alpha value is -1.73. The molecule has 1 N–H and O–H groups in total. The molecule has 7 heteroatoms. The van der Waals surface area contributed by atoms with Gasteiger partial charge in [-0.3, -0.25) is 19.8 Å². The van der Waals surface area contributed by atoms with Crippen LogP contribution in [0.2, 0.25) is 0 Å². The molecule has 1 aromatic rings. The van der Waals surface area contributed by atoms with Crippen molar-refractivity contribution in [3.63, 3.8) is 0 Å². The summed E-state index contributed by atoms with van der Waals surface area (Å²) < 4.78 is 1.35. The third-order valence-corrected chi connectivity index (χ3v) is 3.52. The molecule has 19 heavy (non-hydrogen) atoms. The molecule has 7 nitrogen and oxygen atoms in total. The standard InChI is InChI=1S/C12H17N3O4/c16-9-11-2-1-5-13(11)6-7-14-8-10(15(18)19)3-4-12(14)17/h3-4,8,11,16H,1-2,5-7,9H2. The van der Waals surface area contributed by atoms with Crippen LogP contribution in [0.25, 0.3) is 0 Å². The summed E-state index contributed by atoms with van der Waals surface area (Å²) in [5, 5.41) is 19.9. The molecule has 1 atom stereocenters. The molecule has 0 aliphatic carbocycles. The maximum Gasteiger partial charge on any atom is 0.285 e. The van der Waals surface area contributed by atoms with Gasteiger partial charge < -0.3 is 9.67 Å². The van der Waals surface area contributed by atoms with Gasteiger partial charge in [0, 0.05) is 31.3 Å². The van der Waals surface area contributed by atoms with Gasteiger partial charge in [-0.15, -0.1) is 0 Å². The van der Waals surface area contributed by atoms with E-state index in [1.807, 2.05) is 0 Å². The molecule has 0 spiro atoms. The predicted molar refractivity (Wildman–Crippen MR) is 69.0 cm³/mol. The third kappa shape index (κ3) is 3.18. The minimum Gasteiger partial charge on any atom is -0.395 e. The average molecular weight is 267 g/mol. The number of aromatic nitrogens is 1. The molecule has 0 amide bonds. The first-order chi connectivity index (χ1) is 9.11. The Morgan fingerprint density at radius 2 is 2.21 bits per heavy atom. The average Bonchev–Trinajstić information content (AvgIpc) is 2.85. The summed E-state index contributed by atoms with van der Waals surface area (Å²) in [6, 6.07) is 2.58. The molecule has 1 saturated heterocycles. The van der Waals surface area contributed by atoms with E-state index in [2.05, 4.69) is 4.90 Å². The van der Waals surface area contributed by atoms with Gasteiger partial charge in [0.15, 0.2) is 0 Å². The van der Waals surface area contributed by atoms with Gasteiger partial charge >= 0.3 is 0 Å². The van der Waals surface area contributed by atoms with E-state index in [0.717, 1.165) is 19.4 Å². The smallest absolute Gasteiger partial charge is 0.285 e. The first-order valence-corrected chi connectivity index (χ1v) is 6.31. The highest BCUT2D eigenvalue weighted by Gasteiger charge is 2.23. The van der Waals surface area contributed by atoms with Crippen molar-refractivity contribution in [3.8, 4) is 0 Å². The number of likely N-dealkylation sites (tertiary alicyclic amines) is 1. The van der Waals surface area contributed by atoms with Crippen molar-refractivity contribution in [2.75, 3.05) is 19.7 Å². The molecule has 0 radical (unpaired) electrons. The molecule has 104 valence electrons. The van der Waals surface area contributed by atoms with Crippen LogP contribution in [0.5, 0.6) is 0 Å². The molecule has 0 bridgehead atoms. The lowest BCUT2D eigenvalue weighted by atomic mass is 10.2. The van der Waals surface area contributed by atoms with Crippen molar-refractivity contribution in [2.45, 2.75) is 25.4 Å². The zero-order chi connectivity index (χ0) is 13.8. The molecule has 0 saturated carbocycles. The van der Waals surface area contributed by atoms with Gasteiger partial charge in [0.25, 0.3) is 11.2 Å². The molecular weight excluding hydrogens is 250 g/mol. The summed E-state index contributed by atoms with van der Waals surface area (Å²) in [6.45, 7) is 2.03. The predicted octanol–water partition coefficient (Wildman–Crippen LogP) is 0.213. The van der Waals surface area contributed by atoms with Crippen LogP contribution >= 0.6 is 0 Å². The molecule has 2 heterocycles. The normalized spacial score (nSPS) is 19.7. The minimum absolute atomic E-state index is 0.0836. The summed E-state index contributed by atoms with van der Waals surface area (Å²) >= 11 is 0. The van der Waals surface area contributed by atoms with E-state index < -0.39 is 4.92 Å². The monoisotopic (exact) mass is 267 g/mol. The second kappa shape index (κ2) is 5.94. The first-order valence-electron chi connectivity index (χ1n) is 6.31. The van der Waals surface area contributed by atoms with Gasteiger partial charge in [0.2, 0.25) is 0 Å². The number of aliphatic hydroxyl groups excluding tert-OH is 1. The molecular formula is C12H17N3O4. The van der Waals surface area contributed by atoms with Crippen molar-refractivity contribution in [1.82, 2.24) is 9.47 Å². The zero-order valence-electron chi connectivity index (χ0n) is 10.6. The van der Waals surface area contributed by atoms with E-state index in [4.69, 9.17) is 0 Å². The Labute approximate surface area is 110 Å². The van der Waals surface area contributed by atoms with Crippen molar-refractivity contribution in [3.05, 3.63) is 38.8 Å². The second-order valence-corrected chi connectivity index (χ2v) is 4.69. The van der Waals surface area contributed by atoms with E-state index >= 15 is 0 Å². The highest BCUT2D eigenvalue weighted by atomic mass is 16.6. The molecule has 1 aliphatic heterocycles. The Balaban J connectivity index is 2.04. The Morgan fingerprint density at radius 1 is 1.42 bits per heavy atom. The molecule has 1 aliphatic rings. The number of aliphatic hydroxyl groups is 1. The highest BCUT2D eigenvalue weighted by molar-refractivity contribution is 5.24. The zero-order valence-corrected chi connectivity index (χ0v) is 10.6. The van der Waals surface area contributed by atoms with E-state index in [1.165, 1.54) is 22.9 Å². The van der Waals surface area contributed by atoms with Crippen LogP contribution in [-0.2, 0) is 6.54 Å². The first kappa shape index (κ1) is 13.7. The summed E-state index contributed by atoms with van der Waals surface area (Å²) in [7, 11) is 0. The van der Waals surface area contributed by atoms with Gasteiger partial charge in [0.05, 0.1) is 17.7 Å². The maximum absolute atomic E-state index is 11.6. The van der Waals surface area contributed by atoms with Gasteiger partial charge in [0.1, 0.15) is 0 Å². The van der Waals surface area contributed by atoms with Gasteiger partial charge in [-0.2, -0.15) is 0 Å². The quantitative estimate of drug-likeness (QED) is 0.608. The van der Waals surface area contributed by atoms with Crippen LogP contribution in [0.3, 0.4) is 0 Å². The van der Waals surface area contributed by atoms with Crippen molar-refractivity contribution >= 4 is 5.69 Å². The summed E-state index contributed by atoms with van der Waals surface area (Å²) in [4.78, 5) is 23.9. The second-order valence-electron chi connectivity index (χ2n) is 4.69. The van der Waals surface area contributed by atoms with Crippen molar-refractivity contribution in [1.29, 1.82) is 0 Å². The lowest BCUT2D eigenvalue weighted by Gasteiger charge is -2.22. The van der Waals surface area contributed by atoms with Crippen LogP contribution < -0.4 is 5.56 Å². The highest BCUT2D eigenvalue weighted by Crippen LogP contribution is 2.16. The summed E-state index contributed by atoms with van der Waals surface area (Å²) in [5.41, 5.74) is -0.329. The Morgan fingerprint density at radius 3 is 2.89 bits per heavy atom. The fourth-order valence-electron chi connectivity index (χ4n) is 2.43. The number of hydrogen-bond donors (Lipinski definition) is 1. The minimum atomic E-state index is -0.512. The molecule has 0 aromatic carbocycles. The van der Waals surface area contributed by atoms with E-state index in [9.17, 15) is 20.0 Å². The summed E-state index contributed by atoms with van der Waals surface area (Å²) in [5.74, 6) is 0. The fraction of sp³-hybridized carbons (Fsp3) is 0.583. The Bertz CT molecular complexity index is 514. The topological polar surface area (TPSA) is 88.6 Å². The number of rotatable bonds is 5. The molecule has 1 aromatic heterocycles. The maximum atomic E-state index is 11.6. The van der Waals surface area contributed by atoms with Gasteiger partial charge in [-0.05, 0) is 19.4 Å². The SMILES string of the molecule is O=c1ccc([N+](=O)[O-])cn1CCN1CCCC1CO. The van der Waals surface area contributed by atoms with Crippen LogP contribution in [-0.4, -0.2) is 45.2 Å². The fourth-order valence-corrected chi connectivity index (χ4v) is 2.43. The van der Waals surface area contributed by atoms with E-state index in [-0.39, 0.29) is 23.9 Å². The summed E-state index contributed by atoms with van der Waals surface area (Å²) in [6.07, 6.45) is 3.27. The van der Waals surface area contributed by atoms with Crippen LogP contribution in [0.4, 0.5) is 5.69 Å².